The maximum Gasteiger partial charge on any atom is 0.332 e. The summed E-state index contributed by atoms with van der Waals surface area (Å²) in [6.45, 7) is 17.6. The Kier molecular flexibility index (Phi) is 22.5. The summed E-state index contributed by atoms with van der Waals surface area (Å²) in [5, 5.41) is 8.56. The fourth-order valence-corrected chi connectivity index (χ4v) is 2.25. The lowest BCUT2D eigenvalue weighted by Gasteiger charge is -2.19. The van der Waals surface area contributed by atoms with Crippen LogP contribution in [0.2, 0.25) is 0 Å². The second-order valence-corrected chi connectivity index (χ2v) is 10.5. The van der Waals surface area contributed by atoms with Crippen molar-refractivity contribution in [2.45, 2.75) is 85.7 Å². The predicted molar refractivity (Wildman–Crippen MR) is 144 cm³/mol. The quantitative estimate of drug-likeness (QED) is 0.164. The molecular weight excluding hydrogens is 532 g/mol. The molecule has 1 N–H and O–H groups in total. The summed E-state index contributed by atoms with van der Waals surface area (Å²) < 4.78 is 40.9. The molecular formula is C27H50O13. The van der Waals surface area contributed by atoms with Gasteiger partial charge >= 0.3 is 17.9 Å². The van der Waals surface area contributed by atoms with Crippen molar-refractivity contribution >= 4 is 23.7 Å². The third kappa shape index (κ3) is 30.4. The van der Waals surface area contributed by atoms with E-state index in [2.05, 4.69) is 0 Å². The van der Waals surface area contributed by atoms with Crippen LogP contribution in [0, 0.1) is 0 Å². The Balaban J connectivity index is 0. The van der Waals surface area contributed by atoms with Crippen LogP contribution in [0.4, 0.5) is 0 Å². The average molecular weight is 583 g/mol. The SMILES string of the molecule is CC(=O)[C@H](C)OCCOCCOCC(=O)OC(C)(C)C.C[C@H](OCCOCCOCC(=O)OC(C)(C)C)C(=O)O. The van der Waals surface area contributed by atoms with Gasteiger partial charge in [0.2, 0.25) is 0 Å². The largest absolute Gasteiger partial charge is 0.479 e. The minimum Gasteiger partial charge on any atom is -0.479 e. The van der Waals surface area contributed by atoms with Gasteiger partial charge in [0.25, 0.3) is 0 Å². The molecule has 0 radical (unpaired) electrons. The number of carbonyl (C=O) groups excluding carboxylic acids is 3. The normalized spacial score (nSPS) is 13.0. The van der Waals surface area contributed by atoms with E-state index in [0.29, 0.717) is 33.0 Å². The molecule has 40 heavy (non-hydrogen) atoms. The van der Waals surface area contributed by atoms with E-state index in [0.717, 1.165) is 0 Å². The smallest absolute Gasteiger partial charge is 0.332 e. The first-order chi connectivity index (χ1) is 18.4. The van der Waals surface area contributed by atoms with Crippen LogP contribution >= 0.6 is 0 Å². The van der Waals surface area contributed by atoms with Crippen LogP contribution in [0.1, 0.15) is 62.3 Å². The van der Waals surface area contributed by atoms with Gasteiger partial charge < -0.3 is 43.0 Å². The minimum absolute atomic E-state index is 0.00862. The number of carbonyl (C=O) groups is 4. The van der Waals surface area contributed by atoms with E-state index in [-0.39, 0.29) is 38.8 Å². The average Bonchev–Trinajstić information content (AvgIpc) is 2.80. The topological polar surface area (TPSA) is 162 Å². The number of hydrogen-bond donors (Lipinski definition) is 1. The number of ether oxygens (including phenoxy) is 8. The number of Topliss-reactive ketones (excluding diaryl/α,β-unsaturated/α-hetero) is 1. The van der Waals surface area contributed by atoms with Crippen molar-refractivity contribution in [3.63, 3.8) is 0 Å². The third-order valence-electron chi connectivity index (χ3n) is 4.14. The molecule has 0 fully saturated rings. The van der Waals surface area contributed by atoms with Gasteiger partial charge in [0.15, 0.2) is 11.9 Å². The van der Waals surface area contributed by atoms with Crippen molar-refractivity contribution in [2.75, 3.05) is 66.1 Å². The number of hydrogen-bond acceptors (Lipinski definition) is 12. The molecule has 0 amide bonds. The van der Waals surface area contributed by atoms with E-state index < -0.39 is 41.3 Å². The molecule has 0 bridgehead atoms. The first kappa shape index (κ1) is 40.0. The van der Waals surface area contributed by atoms with Gasteiger partial charge in [-0.25, -0.2) is 14.4 Å². The zero-order chi connectivity index (χ0) is 31.2. The predicted octanol–water partition coefficient (Wildman–Crippen LogP) is 2.21. The van der Waals surface area contributed by atoms with E-state index in [1.165, 1.54) is 13.8 Å². The second kappa shape index (κ2) is 22.5. The maximum atomic E-state index is 11.3. The Morgan fingerprint density at radius 3 is 1.23 bits per heavy atom. The molecule has 0 rings (SSSR count). The molecule has 13 heteroatoms. The summed E-state index contributed by atoms with van der Waals surface area (Å²) in [7, 11) is 0. The van der Waals surface area contributed by atoms with E-state index in [1.54, 1.807) is 48.5 Å². The van der Waals surface area contributed by atoms with Gasteiger partial charge in [0.05, 0.1) is 52.9 Å². The molecule has 0 saturated carbocycles. The number of esters is 2. The first-order valence-corrected chi connectivity index (χ1v) is 13.2. The van der Waals surface area contributed by atoms with Gasteiger partial charge in [0, 0.05) is 0 Å². The van der Waals surface area contributed by atoms with Crippen molar-refractivity contribution < 1.29 is 62.2 Å². The molecule has 0 aliphatic heterocycles. The summed E-state index contributed by atoms with van der Waals surface area (Å²) in [5.74, 6) is -1.83. The zero-order valence-electron chi connectivity index (χ0n) is 25.6. The molecule has 0 saturated heterocycles. The summed E-state index contributed by atoms with van der Waals surface area (Å²) in [5.41, 5.74) is -1.02. The van der Waals surface area contributed by atoms with Crippen LogP contribution in [0.5, 0.6) is 0 Å². The van der Waals surface area contributed by atoms with Crippen molar-refractivity contribution in [3.8, 4) is 0 Å². The van der Waals surface area contributed by atoms with Gasteiger partial charge in [-0.05, 0) is 62.3 Å². The van der Waals surface area contributed by atoms with Crippen LogP contribution in [-0.2, 0) is 57.1 Å². The Hall–Kier alpha value is -2.16. The van der Waals surface area contributed by atoms with Gasteiger partial charge in [-0.3, -0.25) is 4.79 Å². The Labute approximate surface area is 238 Å². The minimum atomic E-state index is -1.01. The fraction of sp³-hybridized carbons (Fsp3) is 0.852. The molecule has 0 spiro atoms. The summed E-state index contributed by atoms with van der Waals surface area (Å²) in [6, 6.07) is 0. The molecule has 0 aliphatic rings. The molecule has 0 aliphatic carbocycles. The highest BCUT2D eigenvalue weighted by Crippen LogP contribution is 2.07. The highest BCUT2D eigenvalue weighted by Gasteiger charge is 2.17. The van der Waals surface area contributed by atoms with Gasteiger partial charge in [-0.2, -0.15) is 0 Å². The van der Waals surface area contributed by atoms with Gasteiger partial charge in [0.1, 0.15) is 30.5 Å². The van der Waals surface area contributed by atoms with Crippen molar-refractivity contribution in [2.24, 2.45) is 0 Å². The Morgan fingerprint density at radius 2 is 0.900 bits per heavy atom. The lowest BCUT2D eigenvalue weighted by atomic mass is 10.2. The molecule has 0 aromatic carbocycles. The number of carboxylic acid groups (broad SMARTS) is 1. The summed E-state index contributed by atoms with van der Waals surface area (Å²) >= 11 is 0. The third-order valence-corrected chi connectivity index (χ3v) is 4.14. The maximum absolute atomic E-state index is 11.3. The standard InChI is InChI=1S/C14H26O6.C13H24O7/c1-11(15)12(2)19-9-8-17-6-7-18-10-13(16)20-14(3,4)5;1-10(12(15)16)19-8-7-17-5-6-18-9-11(14)20-13(2,3)4/h12H,6-10H2,1-5H3;10H,5-9H2,1-4H3,(H,15,16)/t12-;10-/m00/s1. The van der Waals surface area contributed by atoms with Crippen LogP contribution < -0.4 is 0 Å². The monoisotopic (exact) mass is 582 g/mol. The fourth-order valence-electron chi connectivity index (χ4n) is 2.25. The Bertz CT molecular complexity index is 650. The van der Waals surface area contributed by atoms with Crippen LogP contribution in [0.25, 0.3) is 0 Å². The van der Waals surface area contributed by atoms with Gasteiger partial charge in [-0.15, -0.1) is 0 Å². The van der Waals surface area contributed by atoms with E-state index in [1.807, 2.05) is 0 Å². The van der Waals surface area contributed by atoms with E-state index >= 15 is 0 Å². The van der Waals surface area contributed by atoms with Crippen LogP contribution in [0.3, 0.4) is 0 Å². The number of aliphatic carboxylic acids is 1. The van der Waals surface area contributed by atoms with Crippen molar-refractivity contribution in [3.05, 3.63) is 0 Å². The lowest BCUT2D eigenvalue weighted by molar-refractivity contribution is -0.161. The molecule has 0 heterocycles. The molecule has 0 unspecified atom stereocenters. The number of rotatable bonds is 20. The molecule has 0 aromatic rings. The lowest BCUT2D eigenvalue weighted by Crippen LogP contribution is -2.27. The summed E-state index contributed by atoms with van der Waals surface area (Å²) in [4.78, 5) is 43.9. The van der Waals surface area contributed by atoms with E-state index in [9.17, 15) is 19.2 Å². The zero-order valence-corrected chi connectivity index (χ0v) is 25.6. The highest BCUT2D eigenvalue weighted by molar-refractivity contribution is 5.79. The van der Waals surface area contributed by atoms with Gasteiger partial charge in [-0.1, -0.05) is 0 Å². The number of carboxylic acids is 1. The molecule has 13 nitrogen and oxygen atoms in total. The van der Waals surface area contributed by atoms with Crippen molar-refractivity contribution in [1.29, 1.82) is 0 Å². The summed E-state index contributed by atoms with van der Waals surface area (Å²) in [6.07, 6.45) is -1.25. The second-order valence-electron chi connectivity index (χ2n) is 10.5. The molecule has 236 valence electrons. The van der Waals surface area contributed by atoms with Crippen LogP contribution in [-0.4, -0.2) is 118 Å². The van der Waals surface area contributed by atoms with Crippen LogP contribution in [0.15, 0.2) is 0 Å². The Morgan fingerprint density at radius 1 is 0.575 bits per heavy atom. The highest BCUT2D eigenvalue weighted by atomic mass is 16.6. The molecule has 0 aromatic heterocycles. The molecule has 2 atom stereocenters. The van der Waals surface area contributed by atoms with E-state index in [4.69, 9.17) is 43.0 Å². The number of ketones is 1. The first-order valence-electron chi connectivity index (χ1n) is 13.2. The van der Waals surface area contributed by atoms with Crippen molar-refractivity contribution in [1.82, 2.24) is 0 Å².